The van der Waals surface area contributed by atoms with E-state index in [0.29, 0.717) is 17.4 Å². The highest BCUT2D eigenvalue weighted by Crippen LogP contribution is 2.22. The molecular weight excluding hydrogens is 381 g/mol. The minimum Gasteiger partial charge on any atom is -0.325 e. The number of nitrogens with one attached hydrogen (secondary N) is 2. The molecule has 1 amide bonds. The summed E-state index contributed by atoms with van der Waals surface area (Å²) < 4.78 is 13.3. The van der Waals surface area contributed by atoms with Crippen LogP contribution < -0.4 is 5.32 Å². The number of rotatable bonds is 7. The SMILES string of the molecule is O=C(CSc1n[nH]c(Cc2cccs2)n1)Nc1ccc(F)c([N+](=O)[O-])c1. The van der Waals surface area contributed by atoms with Crippen molar-refractivity contribution in [2.24, 2.45) is 0 Å². The lowest BCUT2D eigenvalue weighted by Gasteiger charge is -2.04. The Kier molecular flexibility index (Phi) is 5.58. The molecule has 0 aliphatic rings. The van der Waals surface area contributed by atoms with Crippen molar-refractivity contribution in [2.45, 2.75) is 11.6 Å². The van der Waals surface area contributed by atoms with E-state index >= 15 is 0 Å². The third kappa shape index (κ3) is 4.64. The summed E-state index contributed by atoms with van der Waals surface area (Å²) in [5, 5.41) is 22.5. The van der Waals surface area contributed by atoms with Crippen LogP contribution in [0, 0.1) is 15.9 Å². The van der Waals surface area contributed by atoms with Gasteiger partial charge in [-0.3, -0.25) is 20.0 Å². The van der Waals surface area contributed by atoms with Crippen molar-refractivity contribution in [1.82, 2.24) is 15.2 Å². The van der Waals surface area contributed by atoms with Gasteiger partial charge in [0, 0.05) is 23.1 Å². The summed E-state index contributed by atoms with van der Waals surface area (Å²) in [6, 6.07) is 7.12. The second-order valence-electron chi connectivity index (χ2n) is 5.08. The van der Waals surface area contributed by atoms with Gasteiger partial charge in [-0.05, 0) is 23.6 Å². The predicted molar refractivity (Wildman–Crippen MR) is 95.9 cm³/mol. The number of benzene rings is 1. The average Bonchev–Trinajstić information content (AvgIpc) is 3.27. The molecule has 0 unspecified atom stereocenters. The van der Waals surface area contributed by atoms with Gasteiger partial charge in [0.15, 0.2) is 0 Å². The summed E-state index contributed by atoms with van der Waals surface area (Å²) in [7, 11) is 0. The fourth-order valence-corrected chi connectivity index (χ4v) is 3.38. The van der Waals surface area contributed by atoms with Gasteiger partial charge in [-0.1, -0.05) is 17.8 Å². The van der Waals surface area contributed by atoms with Crippen LogP contribution in [0.3, 0.4) is 0 Å². The number of nitro benzene ring substituents is 1. The van der Waals surface area contributed by atoms with Crippen LogP contribution in [0.2, 0.25) is 0 Å². The third-order valence-electron chi connectivity index (χ3n) is 3.19. The van der Waals surface area contributed by atoms with Gasteiger partial charge < -0.3 is 5.32 Å². The molecule has 26 heavy (non-hydrogen) atoms. The molecule has 11 heteroatoms. The number of carbonyl (C=O) groups is 1. The molecule has 3 aromatic rings. The molecule has 0 aliphatic heterocycles. The van der Waals surface area contributed by atoms with E-state index in [2.05, 4.69) is 20.5 Å². The normalized spacial score (nSPS) is 10.7. The second kappa shape index (κ2) is 8.06. The molecule has 0 spiro atoms. The zero-order valence-electron chi connectivity index (χ0n) is 13.1. The largest absolute Gasteiger partial charge is 0.325 e. The monoisotopic (exact) mass is 393 g/mol. The number of nitrogens with zero attached hydrogens (tertiary/aromatic N) is 3. The van der Waals surface area contributed by atoms with Gasteiger partial charge in [-0.25, -0.2) is 4.98 Å². The van der Waals surface area contributed by atoms with E-state index in [9.17, 15) is 19.3 Å². The minimum absolute atomic E-state index is 0.0153. The Morgan fingerprint density at radius 2 is 2.27 bits per heavy atom. The molecule has 0 fully saturated rings. The molecule has 134 valence electrons. The molecule has 8 nitrogen and oxygen atoms in total. The number of thioether (sulfide) groups is 1. The summed E-state index contributed by atoms with van der Waals surface area (Å²) in [4.78, 5) is 27.3. The highest BCUT2D eigenvalue weighted by molar-refractivity contribution is 7.99. The first kappa shape index (κ1) is 18.0. The number of anilines is 1. The van der Waals surface area contributed by atoms with Gasteiger partial charge in [0.05, 0.1) is 10.7 Å². The van der Waals surface area contributed by atoms with Gasteiger partial charge in [0.2, 0.25) is 16.9 Å². The lowest BCUT2D eigenvalue weighted by atomic mass is 10.2. The van der Waals surface area contributed by atoms with E-state index < -0.39 is 22.3 Å². The maximum absolute atomic E-state index is 13.3. The molecule has 2 heterocycles. The maximum Gasteiger partial charge on any atom is 0.306 e. The number of H-pyrrole nitrogens is 1. The number of carbonyl (C=O) groups excluding carboxylic acids is 1. The fraction of sp³-hybridized carbons (Fsp3) is 0.133. The molecule has 2 aromatic heterocycles. The molecule has 1 aromatic carbocycles. The lowest BCUT2D eigenvalue weighted by Crippen LogP contribution is -2.14. The first-order valence-corrected chi connectivity index (χ1v) is 9.18. The van der Waals surface area contributed by atoms with E-state index in [1.54, 1.807) is 11.3 Å². The molecule has 3 rings (SSSR count). The fourth-order valence-electron chi connectivity index (χ4n) is 2.06. The predicted octanol–water partition coefficient (Wildman–Crippen LogP) is 3.24. The van der Waals surface area contributed by atoms with Crippen molar-refractivity contribution >= 4 is 40.4 Å². The maximum atomic E-state index is 13.3. The van der Waals surface area contributed by atoms with Gasteiger partial charge in [-0.2, -0.15) is 4.39 Å². The van der Waals surface area contributed by atoms with E-state index in [1.165, 1.54) is 6.07 Å². The molecule has 0 saturated carbocycles. The number of aromatic amines is 1. The van der Waals surface area contributed by atoms with Crippen LogP contribution in [0.15, 0.2) is 40.9 Å². The summed E-state index contributed by atoms with van der Waals surface area (Å²) in [6.07, 6.45) is 0.636. The number of amides is 1. The molecule has 0 atom stereocenters. The quantitative estimate of drug-likeness (QED) is 0.362. The van der Waals surface area contributed by atoms with Crippen molar-refractivity contribution in [3.8, 4) is 0 Å². The smallest absolute Gasteiger partial charge is 0.306 e. The number of hydrogen-bond donors (Lipinski definition) is 2. The summed E-state index contributed by atoms with van der Waals surface area (Å²) in [5.41, 5.74) is -0.542. The van der Waals surface area contributed by atoms with Gasteiger partial charge in [0.25, 0.3) is 0 Å². The minimum atomic E-state index is -0.957. The van der Waals surface area contributed by atoms with Crippen LogP contribution in [-0.2, 0) is 11.2 Å². The van der Waals surface area contributed by atoms with Crippen LogP contribution in [0.1, 0.15) is 10.7 Å². The third-order valence-corrected chi connectivity index (χ3v) is 4.92. The van der Waals surface area contributed by atoms with Gasteiger partial charge >= 0.3 is 5.69 Å². The number of aromatic nitrogens is 3. The number of thiophene rings is 1. The Labute approximate surface area is 155 Å². The van der Waals surface area contributed by atoms with E-state index in [4.69, 9.17) is 0 Å². The zero-order chi connectivity index (χ0) is 18.5. The molecule has 0 bridgehead atoms. The van der Waals surface area contributed by atoms with Gasteiger partial charge in [-0.15, -0.1) is 16.4 Å². The van der Waals surface area contributed by atoms with Crippen LogP contribution in [-0.4, -0.2) is 31.8 Å². The average molecular weight is 393 g/mol. The van der Waals surface area contributed by atoms with Crippen molar-refractivity contribution in [2.75, 3.05) is 11.1 Å². The topological polar surface area (TPSA) is 114 Å². The van der Waals surface area contributed by atoms with Crippen molar-refractivity contribution in [1.29, 1.82) is 0 Å². The highest BCUT2D eigenvalue weighted by atomic mass is 32.2. The Hall–Kier alpha value is -2.79. The van der Waals surface area contributed by atoms with E-state index in [0.717, 1.165) is 28.8 Å². The van der Waals surface area contributed by atoms with Crippen molar-refractivity contribution < 1.29 is 14.1 Å². The number of hydrogen-bond acceptors (Lipinski definition) is 7. The Bertz CT molecular complexity index is 929. The van der Waals surface area contributed by atoms with Crippen molar-refractivity contribution in [3.05, 3.63) is 62.3 Å². The molecule has 2 N–H and O–H groups in total. The van der Waals surface area contributed by atoms with Crippen LogP contribution in [0.25, 0.3) is 0 Å². The van der Waals surface area contributed by atoms with Gasteiger partial charge in [0.1, 0.15) is 5.82 Å². The molecule has 0 aliphatic carbocycles. The Morgan fingerprint density at radius 1 is 1.42 bits per heavy atom. The van der Waals surface area contributed by atoms with E-state index in [1.807, 2.05) is 17.5 Å². The number of halogens is 1. The number of nitro groups is 1. The van der Waals surface area contributed by atoms with E-state index in [-0.39, 0.29) is 11.4 Å². The highest BCUT2D eigenvalue weighted by Gasteiger charge is 2.15. The van der Waals surface area contributed by atoms with Crippen molar-refractivity contribution in [3.63, 3.8) is 0 Å². The molecular formula is C15H12FN5O3S2. The summed E-state index contributed by atoms with van der Waals surface area (Å²) in [6.45, 7) is 0. The standard InChI is InChI=1S/C15H12FN5O3S2/c16-11-4-3-9(6-12(11)21(23)24)17-14(22)8-26-15-18-13(19-20-15)7-10-2-1-5-25-10/h1-6H,7-8H2,(H,17,22)(H,18,19,20). The zero-order valence-corrected chi connectivity index (χ0v) is 14.8. The first-order valence-electron chi connectivity index (χ1n) is 7.31. The lowest BCUT2D eigenvalue weighted by molar-refractivity contribution is -0.387. The summed E-state index contributed by atoms with van der Waals surface area (Å²) in [5.74, 6) is -0.645. The Balaban J connectivity index is 1.54. The first-order chi connectivity index (χ1) is 12.5. The summed E-state index contributed by atoms with van der Waals surface area (Å²) >= 11 is 2.74. The molecule has 0 saturated heterocycles. The Morgan fingerprint density at radius 3 is 3.00 bits per heavy atom. The van der Waals surface area contributed by atoms with Crippen LogP contribution in [0.4, 0.5) is 15.8 Å². The molecule has 0 radical (unpaired) electrons. The second-order valence-corrected chi connectivity index (χ2v) is 7.06. The van der Waals surface area contributed by atoms with Crippen LogP contribution >= 0.6 is 23.1 Å². The van der Waals surface area contributed by atoms with Crippen LogP contribution in [0.5, 0.6) is 0 Å².